The van der Waals surface area contributed by atoms with E-state index >= 15 is 0 Å². The van der Waals surface area contributed by atoms with Crippen molar-refractivity contribution in [1.82, 2.24) is 0 Å². The second-order valence-electron chi connectivity index (χ2n) is 15.6. The molecule has 7 aromatic carbocycles. The second kappa shape index (κ2) is 10.2. The zero-order valence-electron chi connectivity index (χ0n) is 28.4. The van der Waals surface area contributed by atoms with Crippen LogP contribution in [0.25, 0.3) is 77.6 Å². The van der Waals surface area contributed by atoms with Crippen LogP contribution in [0.1, 0.15) is 30.4 Å². The van der Waals surface area contributed by atoms with Crippen molar-refractivity contribution in [3.8, 4) is 55.6 Å². The van der Waals surface area contributed by atoms with Crippen LogP contribution in [0.5, 0.6) is 0 Å². The van der Waals surface area contributed by atoms with Gasteiger partial charge in [0.1, 0.15) is 11.2 Å². The standard InChI is InChI=1S/C50H36O/c1-3-10-30(11-4-1)34-22-35(31-12-5-2-6-13-31)24-36(23-34)39-15-9-16-42-43-26-32(19-21-48(43)51-49(39)42)33-18-20-41-40-14-7-8-17-44(40)50(47(41)27-33)45-28-37-25-38(45)29-46(37)50/h1-24,26-27,37-38,45-46H,25,28-29H2. The van der Waals surface area contributed by atoms with Gasteiger partial charge in [-0.05, 0) is 141 Å². The minimum atomic E-state index is 0.212. The van der Waals surface area contributed by atoms with Gasteiger partial charge >= 0.3 is 0 Å². The molecule has 242 valence electrons. The van der Waals surface area contributed by atoms with Crippen molar-refractivity contribution in [1.29, 1.82) is 0 Å². The summed E-state index contributed by atoms with van der Waals surface area (Å²) >= 11 is 0. The largest absolute Gasteiger partial charge is 0.455 e. The highest BCUT2D eigenvalue weighted by molar-refractivity contribution is 6.11. The summed E-state index contributed by atoms with van der Waals surface area (Å²) in [5.74, 6) is 3.41. The third kappa shape index (κ3) is 3.76. The van der Waals surface area contributed by atoms with Gasteiger partial charge in [-0.25, -0.2) is 0 Å². The molecule has 1 heterocycles. The van der Waals surface area contributed by atoms with Crippen LogP contribution in [0.15, 0.2) is 162 Å². The Hall–Kier alpha value is -5.66. The van der Waals surface area contributed by atoms with Crippen LogP contribution >= 0.6 is 0 Å². The number of benzene rings is 7. The fourth-order valence-corrected chi connectivity index (χ4v) is 11.6. The van der Waals surface area contributed by atoms with Gasteiger partial charge in [0.05, 0.1) is 0 Å². The molecule has 4 unspecified atom stereocenters. The number of hydrogen-bond donors (Lipinski definition) is 0. The molecule has 4 saturated carbocycles. The Morgan fingerprint density at radius 1 is 0.392 bits per heavy atom. The minimum absolute atomic E-state index is 0.212. The molecule has 1 aromatic heterocycles. The van der Waals surface area contributed by atoms with Gasteiger partial charge in [-0.1, -0.05) is 121 Å². The molecular formula is C50H36O. The first-order valence-electron chi connectivity index (χ1n) is 18.7. The summed E-state index contributed by atoms with van der Waals surface area (Å²) in [5.41, 5.74) is 17.9. The lowest BCUT2D eigenvalue weighted by atomic mass is 9.66. The van der Waals surface area contributed by atoms with E-state index in [1.807, 2.05) is 0 Å². The summed E-state index contributed by atoms with van der Waals surface area (Å²) < 4.78 is 6.77. The molecule has 0 N–H and O–H groups in total. The summed E-state index contributed by atoms with van der Waals surface area (Å²) in [4.78, 5) is 0. The van der Waals surface area contributed by atoms with E-state index in [9.17, 15) is 0 Å². The van der Waals surface area contributed by atoms with Gasteiger partial charge in [0, 0.05) is 21.8 Å². The molecule has 4 fully saturated rings. The first-order valence-corrected chi connectivity index (χ1v) is 18.7. The molecule has 0 aliphatic heterocycles. The zero-order valence-corrected chi connectivity index (χ0v) is 28.4. The lowest BCUT2D eigenvalue weighted by molar-refractivity contribution is 0.307. The van der Waals surface area contributed by atoms with E-state index < -0.39 is 0 Å². The Morgan fingerprint density at radius 2 is 1.00 bits per heavy atom. The summed E-state index contributed by atoms with van der Waals surface area (Å²) in [5, 5.41) is 2.34. The van der Waals surface area contributed by atoms with E-state index in [-0.39, 0.29) is 5.41 Å². The summed E-state index contributed by atoms with van der Waals surface area (Å²) in [6.07, 6.45) is 4.30. The molecule has 1 spiro atoms. The molecule has 51 heavy (non-hydrogen) atoms. The SMILES string of the molecule is c1ccc(-c2cc(-c3ccccc3)cc(-c3cccc4c3oc3ccc(-c5ccc6c(c5)C5(c7ccccc7-6)C6CC7CC6CC75)cc34)c2)cc1. The van der Waals surface area contributed by atoms with Crippen molar-refractivity contribution in [3.63, 3.8) is 0 Å². The van der Waals surface area contributed by atoms with Gasteiger partial charge in [-0.3, -0.25) is 0 Å². The maximum Gasteiger partial charge on any atom is 0.143 e. The third-order valence-electron chi connectivity index (χ3n) is 13.4. The van der Waals surface area contributed by atoms with Crippen molar-refractivity contribution in [2.45, 2.75) is 24.7 Å². The van der Waals surface area contributed by atoms with Crippen LogP contribution in [-0.4, -0.2) is 0 Å². The van der Waals surface area contributed by atoms with Crippen molar-refractivity contribution >= 4 is 21.9 Å². The Balaban J connectivity index is 1.00. The molecule has 5 aliphatic rings. The predicted octanol–water partition coefficient (Wildman–Crippen LogP) is 13.2. The van der Waals surface area contributed by atoms with E-state index in [2.05, 4.69) is 158 Å². The van der Waals surface area contributed by atoms with Gasteiger partial charge in [0.2, 0.25) is 0 Å². The number of furan rings is 1. The number of fused-ring (bicyclic) bond motifs is 6. The van der Waals surface area contributed by atoms with Crippen LogP contribution in [0.3, 0.4) is 0 Å². The number of para-hydroxylation sites is 1. The van der Waals surface area contributed by atoms with Crippen LogP contribution in [0, 0.1) is 23.7 Å². The van der Waals surface area contributed by atoms with Gasteiger partial charge in [-0.15, -0.1) is 0 Å². The molecule has 0 saturated heterocycles. The fraction of sp³-hybridized carbons (Fsp3) is 0.160. The van der Waals surface area contributed by atoms with E-state index in [1.165, 1.54) is 69.2 Å². The van der Waals surface area contributed by atoms with E-state index in [0.717, 1.165) is 51.4 Å². The lowest BCUT2D eigenvalue weighted by Crippen LogP contribution is -2.34. The first-order chi connectivity index (χ1) is 25.2. The van der Waals surface area contributed by atoms with E-state index in [4.69, 9.17) is 4.42 Å². The smallest absolute Gasteiger partial charge is 0.143 e. The first kappa shape index (κ1) is 28.1. The normalized spacial score (nSPS) is 23.5. The fourth-order valence-electron chi connectivity index (χ4n) is 11.6. The Labute approximate surface area is 298 Å². The minimum Gasteiger partial charge on any atom is -0.455 e. The molecule has 4 bridgehead atoms. The molecule has 5 aliphatic carbocycles. The summed E-state index contributed by atoms with van der Waals surface area (Å²) in [6, 6.07) is 58.5. The quantitative estimate of drug-likeness (QED) is 0.184. The predicted molar refractivity (Wildman–Crippen MR) is 209 cm³/mol. The van der Waals surface area contributed by atoms with Gasteiger partial charge < -0.3 is 4.42 Å². The van der Waals surface area contributed by atoms with E-state index in [1.54, 1.807) is 11.1 Å². The average molecular weight is 653 g/mol. The number of hydrogen-bond acceptors (Lipinski definition) is 1. The lowest BCUT2D eigenvalue weighted by Gasteiger charge is -2.36. The van der Waals surface area contributed by atoms with Gasteiger partial charge in [-0.2, -0.15) is 0 Å². The highest BCUT2D eigenvalue weighted by Crippen LogP contribution is 2.76. The van der Waals surface area contributed by atoms with Gasteiger partial charge in [0.15, 0.2) is 0 Å². The highest BCUT2D eigenvalue weighted by atomic mass is 16.3. The maximum atomic E-state index is 6.77. The maximum absolute atomic E-state index is 6.77. The van der Waals surface area contributed by atoms with E-state index in [0.29, 0.717) is 0 Å². The molecular weight excluding hydrogens is 617 g/mol. The highest BCUT2D eigenvalue weighted by Gasteiger charge is 2.70. The molecule has 8 aromatic rings. The van der Waals surface area contributed by atoms with Crippen molar-refractivity contribution < 1.29 is 4.42 Å². The molecule has 1 nitrogen and oxygen atoms in total. The topological polar surface area (TPSA) is 13.1 Å². The monoisotopic (exact) mass is 652 g/mol. The zero-order chi connectivity index (χ0) is 33.3. The summed E-state index contributed by atoms with van der Waals surface area (Å²) in [7, 11) is 0. The van der Waals surface area contributed by atoms with Crippen LogP contribution in [0.2, 0.25) is 0 Å². The molecule has 0 amide bonds. The van der Waals surface area contributed by atoms with Crippen LogP contribution in [-0.2, 0) is 5.41 Å². The van der Waals surface area contributed by atoms with Crippen molar-refractivity contribution in [2.75, 3.05) is 0 Å². The Bertz CT molecular complexity index is 2620. The van der Waals surface area contributed by atoms with Gasteiger partial charge in [0.25, 0.3) is 0 Å². The summed E-state index contributed by atoms with van der Waals surface area (Å²) in [6.45, 7) is 0. The molecule has 1 heteroatoms. The Kier molecular flexibility index (Phi) is 5.62. The third-order valence-corrected chi connectivity index (χ3v) is 13.4. The number of rotatable bonds is 4. The molecule has 4 atom stereocenters. The average Bonchev–Trinajstić information content (AvgIpc) is 4.05. The van der Waals surface area contributed by atoms with Crippen LogP contribution in [0.4, 0.5) is 0 Å². The Morgan fingerprint density at radius 3 is 1.73 bits per heavy atom. The van der Waals surface area contributed by atoms with Crippen molar-refractivity contribution in [2.24, 2.45) is 23.7 Å². The van der Waals surface area contributed by atoms with Crippen LogP contribution < -0.4 is 0 Å². The molecule has 0 radical (unpaired) electrons. The second-order valence-corrected chi connectivity index (χ2v) is 15.6. The molecule has 13 rings (SSSR count). The van der Waals surface area contributed by atoms with Crippen molar-refractivity contribution in [3.05, 3.63) is 169 Å².